The van der Waals surface area contributed by atoms with Crippen LogP contribution in [-0.2, 0) is 9.59 Å². The molecule has 0 bridgehead atoms. The molecule has 0 unspecified atom stereocenters. The van der Waals surface area contributed by atoms with Crippen molar-refractivity contribution in [3.63, 3.8) is 0 Å². The lowest BCUT2D eigenvalue weighted by Crippen LogP contribution is -2.36. The molecule has 3 N–H and O–H groups in total. The number of hydrogen-bond acceptors (Lipinski definition) is 4. The number of amides is 2. The number of carbonyl (C=O) groups excluding carboxylic acids is 2. The molecule has 0 spiro atoms. The van der Waals surface area contributed by atoms with E-state index in [1.165, 1.54) is 6.08 Å². The summed E-state index contributed by atoms with van der Waals surface area (Å²) in [7, 11) is 0. The molecule has 2 amide bonds. The van der Waals surface area contributed by atoms with Crippen molar-refractivity contribution in [1.29, 1.82) is 0 Å². The standard InChI is InChI=1S/C12H14N2O4S/c1-2-13-10(15)7-14-12(18)9-5-3-8(19-9)4-6-11(16)17/h3-6H,2,7H2,1H3,(H,13,15)(H,14,18)(H,16,17). The summed E-state index contributed by atoms with van der Waals surface area (Å²) >= 11 is 1.15. The molecule has 1 rings (SSSR count). The summed E-state index contributed by atoms with van der Waals surface area (Å²) in [6, 6.07) is 3.23. The molecule has 0 saturated carbocycles. The van der Waals surface area contributed by atoms with Crippen LogP contribution in [0.4, 0.5) is 0 Å². The van der Waals surface area contributed by atoms with Crippen LogP contribution in [-0.4, -0.2) is 36.0 Å². The zero-order chi connectivity index (χ0) is 14.3. The zero-order valence-corrected chi connectivity index (χ0v) is 11.1. The van der Waals surface area contributed by atoms with E-state index in [9.17, 15) is 14.4 Å². The maximum Gasteiger partial charge on any atom is 0.328 e. The first-order valence-electron chi connectivity index (χ1n) is 5.58. The first-order chi connectivity index (χ1) is 9.02. The smallest absolute Gasteiger partial charge is 0.328 e. The number of carboxylic acids is 1. The number of nitrogens with one attached hydrogen (secondary N) is 2. The second kappa shape index (κ2) is 7.32. The third-order valence-corrected chi connectivity index (χ3v) is 3.07. The van der Waals surface area contributed by atoms with Crippen molar-refractivity contribution in [2.45, 2.75) is 6.92 Å². The predicted molar refractivity (Wildman–Crippen MR) is 72.0 cm³/mol. The van der Waals surface area contributed by atoms with Gasteiger partial charge in [0.25, 0.3) is 5.91 Å². The van der Waals surface area contributed by atoms with Gasteiger partial charge in [0.1, 0.15) is 0 Å². The van der Waals surface area contributed by atoms with E-state index in [-0.39, 0.29) is 18.4 Å². The van der Waals surface area contributed by atoms with Crippen molar-refractivity contribution < 1.29 is 19.5 Å². The summed E-state index contributed by atoms with van der Waals surface area (Å²) in [5, 5.41) is 13.5. The second-order valence-corrected chi connectivity index (χ2v) is 4.63. The summed E-state index contributed by atoms with van der Waals surface area (Å²) in [5.74, 6) is -1.65. The average Bonchev–Trinajstić information content (AvgIpc) is 2.82. The molecule has 19 heavy (non-hydrogen) atoms. The number of carbonyl (C=O) groups is 3. The minimum atomic E-state index is -1.05. The topological polar surface area (TPSA) is 95.5 Å². The van der Waals surface area contributed by atoms with E-state index in [1.54, 1.807) is 19.1 Å². The minimum Gasteiger partial charge on any atom is -0.478 e. The Kier molecular flexibility index (Phi) is 5.74. The minimum absolute atomic E-state index is 0.0785. The van der Waals surface area contributed by atoms with Crippen LogP contribution in [0.2, 0.25) is 0 Å². The summed E-state index contributed by atoms with van der Waals surface area (Å²) in [6.45, 7) is 2.22. The van der Waals surface area contributed by atoms with Gasteiger partial charge in [-0.2, -0.15) is 0 Å². The van der Waals surface area contributed by atoms with Crippen LogP contribution in [0, 0.1) is 0 Å². The first kappa shape index (κ1) is 14.9. The third-order valence-electron chi connectivity index (χ3n) is 2.02. The highest BCUT2D eigenvalue weighted by atomic mass is 32.1. The highest BCUT2D eigenvalue weighted by molar-refractivity contribution is 7.14. The maximum atomic E-state index is 11.7. The highest BCUT2D eigenvalue weighted by Crippen LogP contribution is 2.17. The van der Waals surface area contributed by atoms with Gasteiger partial charge in [-0.3, -0.25) is 9.59 Å². The number of aliphatic carboxylic acids is 1. The Morgan fingerprint density at radius 3 is 2.68 bits per heavy atom. The van der Waals surface area contributed by atoms with Gasteiger partial charge in [-0.1, -0.05) is 0 Å². The van der Waals surface area contributed by atoms with Gasteiger partial charge in [0, 0.05) is 17.5 Å². The SMILES string of the molecule is CCNC(=O)CNC(=O)c1ccc(C=CC(=O)O)s1. The van der Waals surface area contributed by atoms with Crippen molar-refractivity contribution in [3.05, 3.63) is 28.0 Å². The van der Waals surface area contributed by atoms with Crippen LogP contribution >= 0.6 is 11.3 Å². The van der Waals surface area contributed by atoms with E-state index in [0.717, 1.165) is 17.4 Å². The Balaban J connectivity index is 2.54. The Labute approximate surface area is 114 Å². The largest absolute Gasteiger partial charge is 0.478 e. The maximum absolute atomic E-state index is 11.7. The van der Waals surface area contributed by atoms with Crippen LogP contribution in [0.1, 0.15) is 21.5 Å². The normalized spacial score (nSPS) is 10.4. The summed E-state index contributed by atoms with van der Waals surface area (Å²) in [6.07, 6.45) is 2.41. The molecule has 1 heterocycles. The van der Waals surface area contributed by atoms with E-state index < -0.39 is 5.97 Å². The van der Waals surface area contributed by atoms with E-state index in [4.69, 9.17) is 5.11 Å². The Hall–Kier alpha value is -2.15. The van der Waals surface area contributed by atoms with Gasteiger partial charge in [0.05, 0.1) is 11.4 Å². The fourth-order valence-electron chi connectivity index (χ4n) is 1.23. The molecule has 0 aliphatic rings. The molecule has 102 valence electrons. The molecule has 0 saturated heterocycles. The molecule has 0 aliphatic heterocycles. The number of carboxylic acid groups (broad SMARTS) is 1. The lowest BCUT2D eigenvalue weighted by atomic mass is 10.4. The lowest BCUT2D eigenvalue weighted by Gasteiger charge is -2.03. The number of hydrogen-bond donors (Lipinski definition) is 3. The van der Waals surface area contributed by atoms with Gasteiger partial charge >= 0.3 is 5.97 Å². The van der Waals surface area contributed by atoms with Crippen molar-refractivity contribution in [2.75, 3.05) is 13.1 Å². The van der Waals surface area contributed by atoms with Crippen LogP contribution in [0.25, 0.3) is 6.08 Å². The molecule has 0 aliphatic carbocycles. The van der Waals surface area contributed by atoms with E-state index in [2.05, 4.69) is 10.6 Å². The molecule has 1 aromatic rings. The molecule has 7 heteroatoms. The highest BCUT2D eigenvalue weighted by Gasteiger charge is 2.09. The molecule has 0 fully saturated rings. The summed E-state index contributed by atoms with van der Waals surface area (Å²) in [4.78, 5) is 34.3. The second-order valence-electron chi connectivity index (χ2n) is 3.51. The van der Waals surface area contributed by atoms with Crippen LogP contribution < -0.4 is 10.6 Å². The molecule has 1 aromatic heterocycles. The number of rotatable bonds is 6. The van der Waals surface area contributed by atoms with Gasteiger partial charge in [0.2, 0.25) is 5.91 Å². The van der Waals surface area contributed by atoms with Gasteiger partial charge < -0.3 is 15.7 Å². The molecule has 6 nitrogen and oxygen atoms in total. The summed E-state index contributed by atoms with van der Waals surface area (Å²) in [5.41, 5.74) is 0. The number of thiophene rings is 1. The third kappa shape index (κ3) is 5.35. The molecule has 0 radical (unpaired) electrons. The Morgan fingerprint density at radius 1 is 1.32 bits per heavy atom. The fraction of sp³-hybridized carbons (Fsp3) is 0.250. The quantitative estimate of drug-likeness (QED) is 0.670. The first-order valence-corrected chi connectivity index (χ1v) is 6.40. The van der Waals surface area contributed by atoms with E-state index >= 15 is 0 Å². The van der Waals surface area contributed by atoms with Gasteiger partial charge in [-0.15, -0.1) is 11.3 Å². The van der Waals surface area contributed by atoms with Crippen molar-refractivity contribution in [2.24, 2.45) is 0 Å². The molecule has 0 atom stereocenters. The predicted octanol–water partition coefficient (Wildman–Crippen LogP) is 0.712. The molecular formula is C12H14N2O4S. The van der Waals surface area contributed by atoms with Crippen LogP contribution in [0.5, 0.6) is 0 Å². The molecule has 0 aromatic carbocycles. The lowest BCUT2D eigenvalue weighted by molar-refractivity contribution is -0.131. The van der Waals surface area contributed by atoms with Crippen molar-refractivity contribution >= 4 is 35.2 Å². The number of likely N-dealkylation sites (N-methyl/N-ethyl adjacent to an activating group) is 1. The van der Waals surface area contributed by atoms with Crippen molar-refractivity contribution in [3.8, 4) is 0 Å². The fourth-order valence-corrected chi connectivity index (χ4v) is 2.05. The van der Waals surface area contributed by atoms with Crippen LogP contribution in [0.3, 0.4) is 0 Å². The summed E-state index contributed by atoms with van der Waals surface area (Å²) < 4.78 is 0. The van der Waals surface area contributed by atoms with Gasteiger partial charge in [0.15, 0.2) is 0 Å². The van der Waals surface area contributed by atoms with Gasteiger partial charge in [-0.25, -0.2) is 4.79 Å². The van der Waals surface area contributed by atoms with E-state index in [0.29, 0.717) is 16.3 Å². The monoisotopic (exact) mass is 282 g/mol. The zero-order valence-electron chi connectivity index (χ0n) is 10.3. The Bertz CT molecular complexity index is 508. The van der Waals surface area contributed by atoms with Crippen molar-refractivity contribution in [1.82, 2.24) is 10.6 Å². The van der Waals surface area contributed by atoms with E-state index in [1.807, 2.05) is 0 Å². The molecular weight excluding hydrogens is 268 g/mol. The van der Waals surface area contributed by atoms with Gasteiger partial charge in [-0.05, 0) is 25.1 Å². The van der Waals surface area contributed by atoms with Crippen LogP contribution in [0.15, 0.2) is 18.2 Å². The average molecular weight is 282 g/mol. The Morgan fingerprint density at radius 2 is 2.05 bits per heavy atom.